The molecule has 5 nitrogen and oxygen atoms in total. The van der Waals surface area contributed by atoms with E-state index in [9.17, 15) is 17.6 Å². The van der Waals surface area contributed by atoms with Gasteiger partial charge in [0.05, 0.1) is 17.5 Å². The molecule has 4 aromatic rings. The van der Waals surface area contributed by atoms with E-state index in [2.05, 4.69) is 20.1 Å². The monoisotopic (exact) mass is 365 g/mol. The number of alkyl halides is 3. The lowest BCUT2D eigenvalue weighted by molar-refractivity contribution is -0.137. The minimum absolute atomic E-state index is 0.244. The van der Waals surface area contributed by atoms with Crippen LogP contribution in [0.3, 0.4) is 0 Å². The lowest BCUT2D eigenvalue weighted by Gasteiger charge is -2.06. The summed E-state index contributed by atoms with van der Waals surface area (Å²) in [6, 6.07) is 3.72. The molecule has 4 aromatic heterocycles. The van der Waals surface area contributed by atoms with Gasteiger partial charge in [-0.15, -0.1) is 0 Å². The first-order valence-electron chi connectivity index (χ1n) is 6.91. The van der Waals surface area contributed by atoms with Crippen LogP contribution in [0.5, 0.6) is 0 Å². The van der Waals surface area contributed by atoms with E-state index in [1.54, 1.807) is 6.20 Å². The summed E-state index contributed by atoms with van der Waals surface area (Å²) in [5.74, 6) is -0.612. The Morgan fingerprint density at radius 3 is 2.52 bits per heavy atom. The van der Waals surface area contributed by atoms with Crippen LogP contribution in [0.1, 0.15) is 5.56 Å². The van der Waals surface area contributed by atoms with Crippen molar-refractivity contribution in [3.8, 4) is 21.8 Å². The Kier molecular flexibility index (Phi) is 3.49. The summed E-state index contributed by atoms with van der Waals surface area (Å²) in [5.41, 5.74) is 0.548. The zero-order valence-corrected chi connectivity index (χ0v) is 13.0. The molecular weight excluding hydrogens is 358 g/mol. The summed E-state index contributed by atoms with van der Waals surface area (Å²) in [5, 5.41) is 4.65. The van der Waals surface area contributed by atoms with Crippen LogP contribution < -0.4 is 0 Å². The molecule has 0 unspecified atom stereocenters. The van der Waals surface area contributed by atoms with Gasteiger partial charge in [0, 0.05) is 29.7 Å². The molecule has 4 heterocycles. The number of hydrogen-bond donors (Lipinski definition) is 0. The Labute approximate surface area is 141 Å². The third-order valence-electron chi connectivity index (χ3n) is 3.42. The lowest BCUT2D eigenvalue weighted by Crippen LogP contribution is -2.05. The molecule has 0 aliphatic heterocycles. The van der Waals surface area contributed by atoms with Gasteiger partial charge in [-0.2, -0.15) is 22.7 Å². The predicted molar refractivity (Wildman–Crippen MR) is 82.3 cm³/mol. The zero-order chi connectivity index (χ0) is 17.6. The van der Waals surface area contributed by atoms with Gasteiger partial charge in [-0.25, -0.2) is 14.5 Å². The normalized spacial score (nSPS) is 12.0. The van der Waals surface area contributed by atoms with Crippen molar-refractivity contribution in [1.82, 2.24) is 24.6 Å². The SMILES string of the molecule is Fc1ccc(-c2cnc3sc(-c4cncc(C(F)(F)F)c4)nn23)cn1. The molecule has 0 fully saturated rings. The molecule has 0 amide bonds. The van der Waals surface area contributed by atoms with Crippen molar-refractivity contribution in [3.63, 3.8) is 0 Å². The molecule has 0 spiro atoms. The fraction of sp³-hybridized carbons (Fsp3) is 0.0667. The summed E-state index contributed by atoms with van der Waals surface area (Å²) in [6.45, 7) is 0. The Balaban J connectivity index is 1.79. The number of hydrogen-bond acceptors (Lipinski definition) is 5. The van der Waals surface area contributed by atoms with Crippen molar-refractivity contribution in [3.05, 3.63) is 54.5 Å². The molecule has 25 heavy (non-hydrogen) atoms. The molecule has 10 heteroatoms. The zero-order valence-electron chi connectivity index (χ0n) is 12.2. The maximum Gasteiger partial charge on any atom is 0.417 e. The molecule has 0 atom stereocenters. The number of aromatic nitrogens is 5. The number of pyridine rings is 2. The van der Waals surface area contributed by atoms with Gasteiger partial charge >= 0.3 is 6.18 Å². The molecule has 4 rings (SSSR count). The van der Waals surface area contributed by atoms with Crippen molar-refractivity contribution < 1.29 is 17.6 Å². The average molecular weight is 365 g/mol. The first-order valence-corrected chi connectivity index (χ1v) is 7.72. The Morgan fingerprint density at radius 2 is 1.80 bits per heavy atom. The summed E-state index contributed by atoms with van der Waals surface area (Å²) >= 11 is 1.13. The number of nitrogens with zero attached hydrogens (tertiary/aromatic N) is 5. The van der Waals surface area contributed by atoms with Gasteiger partial charge in [-0.1, -0.05) is 11.3 Å². The molecule has 0 radical (unpaired) electrons. The van der Waals surface area contributed by atoms with Gasteiger partial charge in [0.25, 0.3) is 0 Å². The molecule has 0 aromatic carbocycles. The van der Waals surface area contributed by atoms with Crippen LogP contribution in [0.25, 0.3) is 26.8 Å². The summed E-state index contributed by atoms with van der Waals surface area (Å²) in [7, 11) is 0. The topological polar surface area (TPSA) is 56.0 Å². The van der Waals surface area contributed by atoms with E-state index < -0.39 is 17.7 Å². The third kappa shape index (κ3) is 2.84. The van der Waals surface area contributed by atoms with Gasteiger partial charge in [0.1, 0.15) is 5.01 Å². The Morgan fingerprint density at radius 1 is 0.960 bits per heavy atom. The quantitative estimate of drug-likeness (QED) is 0.397. The second-order valence-corrected chi connectivity index (χ2v) is 6.03. The van der Waals surface area contributed by atoms with Crippen LogP contribution in [-0.4, -0.2) is 24.6 Å². The first-order chi connectivity index (χ1) is 11.9. The second kappa shape index (κ2) is 5.59. The molecule has 0 aliphatic rings. The van der Waals surface area contributed by atoms with E-state index in [-0.39, 0.29) is 5.56 Å². The maximum atomic E-state index is 13.0. The van der Waals surface area contributed by atoms with Crippen molar-refractivity contribution in [1.29, 1.82) is 0 Å². The number of halogens is 4. The highest BCUT2D eigenvalue weighted by Gasteiger charge is 2.31. The third-order valence-corrected chi connectivity index (χ3v) is 4.39. The van der Waals surface area contributed by atoms with Crippen LogP contribution in [0.15, 0.2) is 43.0 Å². The highest BCUT2D eigenvalue weighted by molar-refractivity contribution is 7.19. The number of fused-ring (bicyclic) bond motifs is 1. The molecule has 126 valence electrons. The molecule has 0 saturated carbocycles. The minimum Gasteiger partial charge on any atom is -0.263 e. The van der Waals surface area contributed by atoms with Crippen LogP contribution in [0, 0.1) is 5.95 Å². The van der Waals surface area contributed by atoms with E-state index in [0.29, 0.717) is 21.2 Å². The fourth-order valence-electron chi connectivity index (χ4n) is 2.25. The second-order valence-electron chi connectivity index (χ2n) is 5.07. The van der Waals surface area contributed by atoms with Crippen molar-refractivity contribution in [2.24, 2.45) is 0 Å². The van der Waals surface area contributed by atoms with Crippen molar-refractivity contribution in [2.75, 3.05) is 0 Å². The van der Waals surface area contributed by atoms with E-state index in [1.165, 1.54) is 29.0 Å². The van der Waals surface area contributed by atoms with E-state index in [0.717, 1.165) is 23.6 Å². The van der Waals surface area contributed by atoms with Crippen LogP contribution >= 0.6 is 11.3 Å². The van der Waals surface area contributed by atoms with Gasteiger partial charge in [-0.05, 0) is 18.2 Å². The summed E-state index contributed by atoms with van der Waals surface area (Å²) < 4.78 is 52.9. The van der Waals surface area contributed by atoms with Gasteiger partial charge < -0.3 is 0 Å². The molecule has 0 bridgehead atoms. The van der Waals surface area contributed by atoms with Crippen molar-refractivity contribution in [2.45, 2.75) is 6.18 Å². The lowest BCUT2D eigenvalue weighted by atomic mass is 10.2. The predicted octanol–water partition coefficient (Wildman–Crippen LogP) is 4.07. The smallest absolute Gasteiger partial charge is 0.263 e. The van der Waals surface area contributed by atoms with Gasteiger partial charge in [0.15, 0.2) is 0 Å². The highest BCUT2D eigenvalue weighted by atomic mass is 32.1. The molecule has 0 aliphatic carbocycles. The van der Waals surface area contributed by atoms with Crippen LogP contribution in [0.2, 0.25) is 0 Å². The van der Waals surface area contributed by atoms with Crippen LogP contribution in [-0.2, 0) is 6.18 Å². The van der Waals surface area contributed by atoms with Crippen LogP contribution in [0.4, 0.5) is 17.6 Å². The number of rotatable bonds is 2. The molecule has 0 saturated heterocycles. The average Bonchev–Trinajstić information content (AvgIpc) is 3.16. The summed E-state index contributed by atoms with van der Waals surface area (Å²) in [4.78, 5) is 11.9. The van der Waals surface area contributed by atoms with Gasteiger partial charge in [-0.3, -0.25) is 4.98 Å². The molecule has 0 N–H and O–H groups in total. The molecular formula is C15H7F4N5S. The minimum atomic E-state index is -4.48. The Hall–Kier alpha value is -2.88. The first kappa shape index (κ1) is 15.6. The van der Waals surface area contributed by atoms with Gasteiger partial charge in [0.2, 0.25) is 10.9 Å². The van der Waals surface area contributed by atoms with E-state index >= 15 is 0 Å². The van der Waals surface area contributed by atoms with E-state index in [4.69, 9.17) is 0 Å². The Bertz CT molecular complexity index is 1050. The highest BCUT2D eigenvalue weighted by Crippen LogP contribution is 2.33. The standard InChI is InChI=1S/C15H7F4N5S/c16-12-2-1-8(5-21-12)11-7-22-14-24(11)23-13(25-14)9-3-10(6-20-4-9)15(17,18)19/h1-7H. The maximum absolute atomic E-state index is 13.0. The number of imidazole rings is 1. The van der Waals surface area contributed by atoms with Crippen molar-refractivity contribution >= 4 is 16.3 Å². The summed E-state index contributed by atoms with van der Waals surface area (Å²) in [6.07, 6.45) is 0.474. The van der Waals surface area contributed by atoms with E-state index in [1.807, 2.05) is 0 Å². The largest absolute Gasteiger partial charge is 0.417 e. The fourth-order valence-corrected chi connectivity index (χ4v) is 3.10.